The summed E-state index contributed by atoms with van der Waals surface area (Å²) in [6.45, 7) is 4.41. The van der Waals surface area contributed by atoms with Crippen molar-refractivity contribution in [3.63, 3.8) is 0 Å². The Morgan fingerprint density at radius 2 is 1.64 bits per heavy atom. The van der Waals surface area contributed by atoms with Crippen molar-refractivity contribution in [1.29, 1.82) is 0 Å². The number of nitrogens with zero attached hydrogens (tertiary/aromatic N) is 2. The van der Waals surface area contributed by atoms with Crippen molar-refractivity contribution in [1.82, 2.24) is 9.13 Å². The Morgan fingerprint density at radius 3 is 2.20 bits per heavy atom. The van der Waals surface area contributed by atoms with Crippen LogP contribution in [-0.2, 0) is 13.1 Å². The molecule has 0 bridgehead atoms. The SMILES string of the molecule is CCCn1c(N)c(NC(=O)c2ccc(Br)cc2)c(=O)n(CCC)c1=O. The second-order valence-electron chi connectivity index (χ2n) is 5.61. The quantitative estimate of drug-likeness (QED) is 0.766. The highest BCUT2D eigenvalue weighted by molar-refractivity contribution is 9.10. The van der Waals surface area contributed by atoms with Crippen molar-refractivity contribution in [3.05, 3.63) is 55.1 Å². The zero-order valence-electron chi connectivity index (χ0n) is 14.2. The van der Waals surface area contributed by atoms with Crippen molar-refractivity contribution >= 4 is 33.3 Å². The number of carbonyl (C=O) groups excluding carboxylic acids is 1. The molecule has 3 N–H and O–H groups in total. The zero-order chi connectivity index (χ0) is 18.6. The number of carbonyl (C=O) groups is 1. The van der Waals surface area contributed by atoms with Crippen molar-refractivity contribution in [2.45, 2.75) is 39.8 Å². The first kappa shape index (κ1) is 19.0. The number of nitrogens with one attached hydrogen (secondary N) is 1. The maximum atomic E-state index is 12.6. The minimum Gasteiger partial charge on any atom is -0.383 e. The number of amides is 1. The van der Waals surface area contributed by atoms with E-state index in [-0.39, 0.29) is 18.1 Å². The summed E-state index contributed by atoms with van der Waals surface area (Å²) in [5, 5.41) is 2.57. The van der Waals surface area contributed by atoms with E-state index in [1.54, 1.807) is 24.3 Å². The number of hydrogen-bond acceptors (Lipinski definition) is 4. The number of aromatic nitrogens is 2. The Balaban J connectivity index is 2.52. The highest BCUT2D eigenvalue weighted by Gasteiger charge is 2.19. The van der Waals surface area contributed by atoms with E-state index in [1.165, 1.54) is 4.57 Å². The summed E-state index contributed by atoms with van der Waals surface area (Å²) in [7, 11) is 0. The van der Waals surface area contributed by atoms with Crippen LogP contribution >= 0.6 is 15.9 Å². The van der Waals surface area contributed by atoms with Crippen molar-refractivity contribution in [2.75, 3.05) is 11.1 Å². The maximum absolute atomic E-state index is 12.6. The topological polar surface area (TPSA) is 99.1 Å². The lowest BCUT2D eigenvalue weighted by Gasteiger charge is -2.16. The average molecular weight is 409 g/mol. The minimum atomic E-state index is -0.581. The second kappa shape index (κ2) is 8.15. The fourth-order valence-electron chi connectivity index (χ4n) is 2.48. The van der Waals surface area contributed by atoms with Gasteiger partial charge in [0.25, 0.3) is 11.5 Å². The zero-order valence-corrected chi connectivity index (χ0v) is 15.8. The lowest BCUT2D eigenvalue weighted by molar-refractivity contribution is 0.102. The molecular weight excluding hydrogens is 388 g/mol. The molecule has 0 aliphatic rings. The number of benzene rings is 1. The Morgan fingerprint density at radius 1 is 1.08 bits per heavy atom. The van der Waals surface area contributed by atoms with Crippen LogP contribution in [0.15, 0.2) is 38.3 Å². The first-order chi connectivity index (χ1) is 11.9. The lowest BCUT2D eigenvalue weighted by atomic mass is 10.2. The first-order valence-electron chi connectivity index (χ1n) is 8.10. The van der Waals surface area contributed by atoms with Gasteiger partial charge in [-0.1, -0.05) is 29.8 Å². The second-order valence-corrected chi connectivity index (χ2v) is 6.53. The molecule has 0 fully saturated rings. The Kier molecular flexibility index (Phi) is 6.19. The number of halogens is 1. The third-order valence-electron chi connectivity index (χ3n) is 3.71. The highest BCUT2D eigenvalue weighted by Crippen LogP contribution is 2.15. The number of hydrogen-bond donors (Lipinski definition) is 2. The Bertz CT molecular complexity index is 884. The normalized spacial score (nSPS) is 10.7. The molecule has 1 aromatic heterocycles. The van der Waals surface area contributed by atoms with Crippen LogP contribution < -0.4 is 22.3 Å². The molecule has 0 aliphatic heterocycles. The molecule has 1 aromatic carbocycles. The minimum absolute atomic E-state index is 0.0188. The third-order valence-corrected chi connectivity index (χ3v) is 4.24. The standard InChI is InChI=1S/C17H21BrN4O3/c1-3-9-21-14(19)13(16(24)22(10-4-2)17(21)25)20-15(23)11-5-7-12(18)8-6-11/h5-8H,3-4,9-10,19H2,1-2H3,(H,20,23). The van der Waals surface area contributed by atoms with Gasteiger partial charge in [-0.25, -0.2) is 4.79 Å². The molecule has 0 saturated heterocycles. The van der Waals surface area contributed by atoms with Gasteiger partial charge in [-0.2, -0.15) is 0 Å². The van der Waals surface area contributed by atoms with Gasteiger partial charge in [0, 0.05) is 23.1 Å². The molecular formula is C17H21BrN4O3. The van der Waals surface area contributed by atoms with Crippen molar-refractivity contribution < 1.29 is 4.79 Å². The van der Waals surface area contributed by atoms with E-state index >= 15 is 0 Å². The van der Waals surface area contributed by atoms with Crippen LogP contribution in [0.4, 0.5) is 11.5 Å². The van der Waals surface area contributed by atoms with Crippen molar-refractivity contribution in [2.24, 2.45) is 0 Å². The molecule has 0 unspecified atom stereocenters. The van der Waals surface area contributed by atoms with Crippen LogP contribution in [-0.4, -0.2) is 15.0 Å². The molecule has 1 amide bonds. The average Bonchev–Trinajstić information content (AvgIpc) is 2.60. The van der Waals surface area contributed by atoms with Gasteiger partial charge in [-0.15, -0.1) is 0 Å². The van der Waals surface area contributed by atoms with E-state index < -0.39 is 17.2 Å². The lowest BCUT2D eigenvalue weighted by Crippen LogP contribution is -2.42. The van der Waals surface area contributed by atoms with E-state index in [0.29, 0.717) is 24.9 Å². The van der Waals surface area contributed by atoms with Crippen LogP contribution in [0.2, 0.25) is 0 Å². The van der Waals surface area contributed by atoms with Gasteiger partial charge in [0.15, 0.2) is 0 Å². The summed E-state index contributed by atoms with van der Waals surface area (Å²) in [5.41, 5.74) is 5.31. The molecule has 2 rings (SSSR count). The van der Waals surface area contributed by atoms with Crippen LogP contribution in [0.1, 0.15) is 37.0 Å². The maximum Gasteiger partial charge on any atom is 0.332 e. The van der Waals surface area contributed by atoms with Crippen molar-refractivity contribution in [3.8, 4) is 0 Å². The molecule has 0 saturated carbocycles. The van der Waals surface area contributed by atoms with Gasteiger partial charge < -0.3 is 11.1 Å². The number of nitrogen functional groups attached to an aromatic ring is 1. The number of rotatable bonds is 6. The molecule has 25 heavy (non-hydrogen) atoms. The van der Waals surface area contributed by atoms with E-state index in [9.17, 15) is 14.4 Å². The van der Waals surface area contributed by atoms with Crippen LogP contribution in [0.25, 0.3) is 0 Å². The summed E-state index contributed by atoms with van der Waals surface area (Å²) in [6, 6.07) is 6.71. The summed E-state index contributed by atoms with van der Waals surface area (Å²) >= 11 is 3.30. The summed E-state index contributed by atoms with van der Waals surface area (Å²) < 4.78 is 3.28. The molecule has 8 heteroatoms. The number of anilines is 2. The molecule has 0 spiro atoms. The molecule has 0 radical (unpaired) electrons. The van der Waals surface area contributed by atoms with Crippen LogP contribution in [0.3, 0.4) is 0 Å². The van der Waals surface area contributed by atoms with E-state index in [4.69, 9.17) is 5.73 Å². The van der Waals surface area contributed by atoms with Gasteiger partial charge in [-0.3, -0.25) is 18.7 Å². The summed E-state index contributed by atoms with van der Waals surface area (Å²) in [5.74, 6) is -0.476. The molecule has 1 heterocycles. The predicted octanol–water partition coefficient (Wildman–Crippen LogP) is 2.43. The summed E-state index contributed by atoms with van der Waals surface area (Å²) in [4.78, 5) is 37.5. The third kappa shape index (κ3) is 4.01. The van der Waals surface area contributed by atoms with Gasteiger partial charge >= 0.3 is 5.69 Å². The molecule has 134 valence electrons. The Labute approximate surface area is 153 Å². The fourth-order valence-corrected chi connectivity index (χ4v) is 2.74. The predicted molar refractivity (Wildman–Crippen MR) is 102 cm³/mol. The first-order valence-corrected chi connectivity index (χ1v) is 8.90. The van der Waals surface area contributed by atoms with Gasteiger partial charge in [-0.05, 0) is 37.1 Å². The molecule has 0 atom stereocenters. The highest BCUT2D eigenvalue weighted by atomic mass is 79.9. The van der Waals surface area contributed by atoms with E-state index in [1.807, 2.05) is 13.8 Å². The van der Waals surface area contributed by atoms with Crippen LogP contribution in [0, 0.1) is 0 Å². The molecule has 0 aliphatic carbocycles. The monoisotopic (exact) mass is 408 g/mol. The van der Waals surface area contributed by atoms with E-state index in [2.05, 4.69) is 21.2 Å². The molecule has 2 aromatic rings. The summed E-state index contributed by atoms with van der Waals surface area (Å²) in [6.07, 6.45) is 1.29. The fraction of sp³-hybridized carbons (Fsp3) is 0.353. The van der Waals surface area contributed by atoms with Gasteiger partial charge in [0.1, 0.15) is 11.5 Å². The van der Waals surface area contributed by atoms with Gasteiger partial charge in [0.2, 0.25) is 0 Å². The Hall–Kier alpha value is -2.35. The van der Waals surface area contributed by atoms with Gasteiger partial charge in [0.05, 0.1) is 0 Å². The smallest absolute Gasteiger partial charge is 0.332 e. The molecule has 7 nitrogen and oxygen atoms in total. The largest absolute Gasteiger partial charge is 0.383 e. The van der Waals surface area contributed by atoms with E-state index in [0.717, 1.165) is 9.04 Å². The van der Waals surface area contributed by atoms with Crippen LogP contribution in [0.5, 0.6) is 0 Å². The number of nitrogens with two attached hydrogens (primary N) is 1.